The summed E-state index contributed by atoms with van der Waals surface area (Å²) in [4.78, 5) is 19.1. The standard InChI is InChI=1S/C20H13Cl3N4O3S/c1-20(9-12-2-4-13(10-24)5-3-12)18(28)26(16-7-14(21)6-15(22)8-16)19-25-11-17(27(19)20)31(23,29)30/h2-8,11H,9H2,1H3. The molecule has 0 saturated heterocycles. The number of amides is 1. The molecule has 1 atom stereocenters. The van der Waals surface area contributed by atoms with Crippen LogP contribution in [0.1, 0.15) is 18.1 Å². The molecule has 0 aliphatic carbocycles. The molecule has 7 nitrogen and oxygen atoms in total. The fourth-order valence-electron chi connectivity index (χ4n) is 3.70. The number of carbonyl (C=O) groups is 1. The van der Waals surface area contributed by atoms with Gasteiger partial charge in [-0.1, -0.05) is 35.3 Å². The third-order valence-corrected chi connectivity index (χ3v) is 6.75. The highest BCUT2D eigenvalue weighted by Gasteiger charge is 2.51. The maximum atomic E-state index is 13.7. The quantitative estimate of drug-likeness (QED) is 0.492. The van der Waals surface area contributed by atoms with Crippen LogP contribution in [-0.4, -0.2) is 23.9 Å². The van der Waals surface area contributed by atoms with E-state index in [0.29, 0.717) is 21.3 Å². The minimum atomic E-state index is -4.21. The van der Waals surface area contributed by atoms with E-state index in [1.807, 2.05) is 6.07 Å². The molecule has 2 aromatic carbocycles. The average Bonchev–Trinajstić information content (AvgIpc) is 3.21. The predicted molar refractivity (Wildman–Crippen MR) is 117 cm³/mol. The SMILES string of the molecule is CC1(Cc2ccc(C#N)cc2)C(=O)N(c2cc(Cl)cc(Cl)c2)c2ncc(S(=O)(=O)Cl)n21. The molecular weight excluding hydrogens is 483 g/mol. The normalized spacial score (nSPS) is 18.2. The summed E-state index contributed by atoms with van der Waals surface area (Å²) in [5, 5.41) is 9.32. The zero-order chi connectivity index (χ0) is 22.6. The Labute approximate surface area is 192 Å². The summed E-state index contributed by atoms with van der Waals surface area (Å²) < 4.78 is 25.8. The van der Waals surface area contributed by atoms with Crippen molar-refractivity contribution in [2.75, 3.05) is 4.90 Å². The molecule has 1 aliphatic rings. The summed E-state index contributed by atoms with van der Waals surface area (Å²) in [7, 11) is 1.44. The summed E-state index contributed by atoms with van der Waals surface area (Å²) in [6.07, 6.45) is 1.24. The van der Waals surface area contributed by atoms with E-state index in [9.17, 15) is 13.2 Å². The van der Waals surface area contributed by atoms with E-state index < -0.39 is 20.5 Å². The highest BCUT2D eigenvalue weighted by atomic mass is 35.7. The van der Waals surface area contributed by atoms with E-state index in [1.54, 1.807) is 31.2 Å². The number of carbonyl (C=O) groups excluding carboxylic acids is 1. The number of hydrogen-bond acceptors (Lipinski definition) is 5. The van der Waals surface area contributed by atoms with Gasteiger partial charge in [0.25, 0.3) is 15.0 Å². The Morgan fingerprint density at radius 2 is 1.74 bits per heavy atom. The molecule has 1 amide bonds. The number of halogens is 3. The van der Waals surface area contributed by atoms with Crippen LogP contribution in [-0.2, 0) is 25.8 Å². The summed E-state index contributed by atoms with van der Waals surface area (Å²) in [5.41, 5.74) is 0.163. The van der Waals surface area contributed by atoms with Crippen molar-refractivity contribution in [3.05, 3.63) is 69.8 Å². The Morgan fingerprint density at radius 1 is 1.13 bits per heavy atom. The number of aromatic nitrogens is 2. The average molecular weight is 496 g/mol. The van der Waals surface area contributed by atoms with Crippen molar-refractivity contribution >= 4 is 60.5 Å². The van der Waals surface area contributed by atoms with E-state index >= 15 is 0 Å². The van der Waals surface area contributed by atoms with Crippen LogP contribution in [0.25, 0.3) is 0 Å². The molecule has 1 aliphatic heterocycles. The summed E-state index contributed by atoms with van der Waals surface area (Å²) in [6.45, 7) is 1.61. The number of nitriles is 1. The van der Waals surface area contributed by atoms with E-state index in [4.69, 9.17) is 39.1 Å². The lowest BCUT2D eigenvalue weighted by molar-refractivity contribution is -0.124. The van der Waals surface area contributed by atoms with Crippen molar-refractivity contribution in [1.82, 2.24) is 9.55 Å². The van der Waals surface area contributed by atoms with Gasteiger partial charge in [0.05, 0.1) is 23.5 Å². The van der Waals surface area contributed by atoms with E-state index in [0.717, 1.165) is 11.8 Å². The van der Waals surface area contributed by atoms with Gasteiger partial charge < -0.3 is 0 Å². The second-order valence-electron chi connectivity index (χ2n) is 7.20. The molecule has 158 valence electrons. The first kappa shape index (κ1) is 21.7. The molecular formula is C20H13Cl3N4O3S. The molecule has 0 bridgehead atoms. The second kappa shape index (κ2) is 7.53. The number of nitrogens with zero attached hydrogens (tertiary/aromatic N) is 4. The largest absolute Gasteiger partial charge is 0.284 e. The first-order valence-corrected chi connectivity index (χ1v) is 11.9. The third-order valence-electron chi connectivity index (χ3n) is 5.05. The number of imidazole rings is 1. The van der Waals surface area contributed by atoms with Gasteiger partial charge >= 0.3 is 0 Å². The molecule has 2 heterocycles. The topological polar surface area (TPSA) is 96.1 Å². The smallest absolute Gasteiger partial charge is 0.278 e. The summed E-state index contributed by atoms with van der Waals surface area (Å²) in [6, 6.07) is 13.3. The molecule has 0 N–H and O–H groups in total. The van der Waals surface area contributed by atoms with Crippen molar-refractivity contribution in [1.29, 1.82) is 5.26 Å². The van der Waals surface area contributed by atoms with Gasteiger partial charge in [0.15, 0.2) is 5.03 Å². The Hall–Kier alpha value is -2.57. The molecule has 0 radical (unpaired) electrons. The molecule has 1 unspecified atom stereocenters. The van der Waals surface area contributed by atoms with Crippen LogP contribution >= 0.6 is 33.9 Å². The molecule has 1 aromatic heterocycles. The highest BCUT2D eigenvalue weighted by Crippen LogP contribution is 2.44. The first-order valence-electron chi connectivity index (χ1n) is 8.87. The van der Waals surface area contributed by atoms with Gasteiger partial charge in [-0.15, -0.1) is 0 Å². The predicted octanol–water partition coefficient (Wildman–Crippen LogP) is 4.63. The maximum absolute atomic E-state index is 13.7. The van der Waals surface area contributed by atoms with E-state index in [1.165, 1.54) is 27.7 Å². The van der Waals surface area contributed by atoms with Crippen molar-refractivity contribution in [2.24, 2.45) is 0 Å². The van der Waals surface area contributed by atoms with Crippen LogP contribution in [0.15, 0.2) is 53.7 Å². The fraction of sp³-hybridized carbons (Fsp3) is 0.150. The molecule has 3 aromatic rings. The molecule has 0 saturated carbocycles. The lowest BCUT2D eigenvalue weighted by Gasteiger charge is -2.26. The highest BCUT2D eigenvalue weighted by molar-refractivity contribution is 8.13. The Kier molecular flexibility index (Phi) is 5.26. The van der Waals surface area contributed by atoms with Crippen molar-refractivity contribution < 1.29 is 13.2 Å². The van der Waals surface area contributed by atoms with Gasteiger partial charge in [0.1, 0.15) is 5.54 Å². The van der Waals surface area contributed by atoms with Crippen LogP contribution in [0, 0.1) is 11.3 Å². The summed E-state index contributed by atoms with van der Waals surface area (Å²) in [5.74, 6) is -0.349. The van der Waals surface area contributed by atoms with Crippen LogP contribution in [0.3, 0.4) is 0 Å². The van der Waals surface area contributed by atoms with Crippen LogP contribution in [0.4, 0.5) is 11.6 Å². The lowest BCUT2D eigenvalue weighted by atomic mass is 9.91. The second-order valence-corrected chi connectivity index (χ2v) is 10.6. The molecule has 11 heteroatoms. The maximum Gasteiger partial charge on any atom is 0.278 e. The van der Waals surface area contributed by atoms with Crippen molar-refractivity contribution in [2.45, 2.75) is 23.9 Å². The van der Waals surface area contributed by atoms with E-state index in [-0.39, 0.29) is 17.4 Å². The van der Waals surface area contributed by atoms with Gasteiger partial charge in [0, 0.05) is 27.1 Å². The van der Waals surface area contributed by atoms with Crippen molar-refractivity contribution in [3.8, 4) is 6.07 Å². The zero-order valence-electron chi connectivity index (χ0n) is 15.9. The number of anilines is 2. The van der Waals surface area contributed by atoms with Crippen LogP contribution < -0.4 is 4.90 Å². The number of hydrogen-bond donors (Lipinski definition) is 0. The molecule has 31 heavy (non-hydrogen) atoms. The molecule has 4 rings (SSSR count). The van der Waals surface area contributed by atoms with Crippen molar-refractivity contribution in [3.63, 3.8) is 0 Å². The van der Waals surface area contributed by atoms with Crippen LogP contribution in [0.5, 0.6) is 0 Å². The molecule has 0 fully saturated rings. The number of rotatable bonds is 4. The van der Waals surface area contributed by atoms with Gasteiger partial charge in [-0.2, -0.15) is 5.26 Å². The lowest BCUT2D eigenvalue weighted by Crippen LogP contribution is -2.41. The monoisotopic (exact) mass is 494 g/mol. The Bertz CT molecular complexity index is 1340. The first-order chi connectivity index (χ1) is 14.5. The number of fused-ring (bicyclic) bond motifs is 1. The Balaban J connectivity index is 1.91. The Morgan fingerprint density at radius 3 is 2.29 bits per heavy atom. The van der Waals surface area contributed by atoms with Crippen LogP contribution in [0.2, 0.25) is 10.0 Å². The minimum Gasteiger partial charge on any atom is -0.284 e. The number of benzene rings is 2. The van der Waals surface area contributed by atoms with E-state index in [2.05, 4.69) is 4.98 Å². The zero-order valence-corrected chi connectivity index (χ0v) is 19.0. The van der Waals surface area contributed by atoms with Gasteiger partial charge in [-0.3, -0.25) is 9.36 Å². The fourth-order valence-corrected chi connectivity index (χ4v) is 5.22. The third kappa shape index (κ3) is 3.68. The summed E-state index contributed by atoms with van der Waals surface area (Å²) >= 11 is 12.2. The minimum absolute atomic E-state index is 0.0821. The van der Waals surface area contributed by atoms with Gasteiger partial charge in [0.2, 0.25) is 5.95 Å². The van der Waals surface area contributed by atoms with Gasteiger partial charge in [-0.05, 0) is 42.8 Å². The van der Waals surface area contributed by atoms with Gasteiger partial charge in [-0.25, -0.2) is 18.3 Å². The molecule has 0 spiro atoms.